The Morgan fingerprint density at radius 2 is 1.57 bits per heavy atom. The fourth-order valence-electron chi connectivity index (χ4n) is 1.95. The number of ether oxygens (including phenoxy) is 3. The van der Waals surface area contributed by atoms with Crippen molar-refractivity contribution in [1.82, 2.24) is 0 Å². The van der Waals surface area contributed by atoms with Crippen molar-refractivity contribution in [3.05, 3.63) is 48.0 Å². The quantitative estimate of drug-likeness (QED) is 0.678. The zero-order valence-electron chi connectivity index (χ0n) is 13.1. The highest BCUT2D eigenvalue weighted by Crippen LogP contribution is 2.24. The van der Waals surface area contributed by atoms with Crippen molar-refractivity contribution in [2.75, 3.05) is 19.5 Å². The Kier molecular flexibility index (Phi) is 5.19. The molecule has 0 saturated heterocycles. The van der Waals surface area contributed by atoms with Crippen LogP contribution in [0.5, 0.6) is 17.2 Å². The van der Waals surface area contributed by atoms with Crippen LogP contribution in [-0.2, 0) is 4.79 Å². The minimum absolute atomic E-state index is 0.331. The molecule has 6 nitrogen and oxygen atoms in total. The highest BCUT2D eigenvalue weighted by atomic mass is 16.5. The topological polar surface area (TPSA) is 73.9 Å². The van der Waals surface area contributed by atoms with Crippen LogP contribution in [0, 0.1) is 0 Å². The van der Waals surface area contributed by atoms with Crippen LogP contribution >= 0.6 is 0 Å². The highest BCUT2D eigenvalue weighted by molar-refractivity contribution is 6.04. The molecule has 0 unspecified atom stereocenters. The standard InChI is InChI=1S/C17H17NO5/c1-11(19)23-14-6-4-5-13(9-14)18-17(20)12-7-15(21-2)10-16(8-12)22-3/h4-10H,1-3H3,(H,18,20). The monoisotopic (exact) mass is 315 g/mol. The molecule has 0 atom stereocenters. The van der Waals surface area contributed by atoms with E-state index >= 15 is 0 Å². The smallest absolute Gasteiger partial charge is 0.308 e. The van der Waals surface area contributed by atoms with Crippen LogP contribution < -0.4 is 19.5 Å². The van der Waals surface area contributed by atoms with Gasteiger partial charge >= 0.3 is 5.97 Å². The third-order valence-corrected chi connectivity index (χ3v) is 2.97. The molecular formula is C17H17NO5. The Morgan fingerprint density at radius 3 is 2.13 bits per heavy atom. The van der Waals surface area contributed by atoms with E-state index in [1.807, 2.05) is 0 Å². The molecule has 2 aromatic rings. The van der Waals surface area contributed by atoms with Crippen molar-refractivity contribution in [2.24, 2.45) is 0 Å². The van der Waals surface area contributed by atoms with Crippen molar-refractivity contribution in [3.8, 4) is 17.2 Å². The Labute approximate surface area is 134 Å². The summed E-state index contributed by atoms with van der Waals surface area (Å²) >= 11 is 0. The second kappa shape index (κ2) is 7.31. The van der Waals surface area contributed by atoms with Gasteiger partial charge in [-0.1, -0.05) is 6.07 Å². The van der Waals surface area contributed by atoms with E-state index in [1.54, 1.807) is 42.5 Å². The molecule has 2 aromatic carbocycles. The maximum atomic E-state index is 12.4. The molecule has 6 heteroatoms. The molecule has 0 aliphatic rings. The largest absolute Gasteiger partial charge is 0.497 e. The first-order valence-electron chi connectivity index (χ1n) is 6.84. The summed E-state index contributed by atoms with van der Waals surface area (Å²) in [6.45, 7) is 1.31. The van der Waals surface area contributed by atoms with Gasteiger partial charge in [0.1, 0.15) is 17.2 Å². The van der Waals surface area contributed by atoms with Gasteiger partial charge in [0.05, 0.1) is 14.2 Å². The van der Waals surface area contributed by atoms with E-state index < -0.39 is 5.97 Å². The predicted octanol–water partition coefficient (Wildman–Crippen LogP) is 2.88. The van der Waals surface area contributed by atoms with Gasteiger partial charge in [-0.25, -0.2) is 0 Å². The molecule has 23 heavy (non-hydrogen) atoms. The molecule has 1 N–H and O–H groups in total. The zero-order chi connectivity index (χ0) is 16.8. The SMILES string of the molecule is COc1cc(OC)cc(C(=O)Nc2cccc(OC(C)=O)c2)c1. The van der Waals surface area contributed by atoms with Crippen LogP contribution in [0.15, 0.2) is 42.5 Å². The van der Waals surface area contributed by atoms with Gasteiger partial charge in [-0.2, -0.15) is 0 Å². The molecule has 0 spiro atoms. The van der Waals surface area contributed by atoms with E-state index in [9.17, 15) is 9.59 Å². The molecule has 0 heterocycles. The average molecular weight is 315 g/mol. The van der Waals surface area contributed by atoms with Gasteiger partial charge in [0.15, 0.2) is 0 Å². The number of anilines is 1. The Balaban J connectivity index is 2.20. The molecule has 2 rings (SSSR count). The number of hydrogen-bond donors (Lipinski definition) is 1. The van der Waals surface area contributed by atoms with Crippen LogP contribution in [0.4, 0.5) is 5.69 Å². The van der Waals surface area contributed by atoms with Crippen LogP contribution in [-0.4, -0.2) is 26.1 Å². The number of amides is 1. The normalized spacial score (nSPS) is 9.87. The third-order valence-electron chi connectivity index (χ3n) is 2.97. The van der Waals surface area contributed by atoms with Crippen LogP contribution in [0.2, 0.25) is 0 Å². The number of rotatable bonds is 5. The third kappa shape index (κ3) is 4.47. The molecular weight excluding hydrogens is 298 g/mol. The molecule has 1 amide bonds. The Hall–Kier alpha value is -3.02. The van der Waals surface area contributed by atoms with Gasteiger partial charge in [-0.15, -0.1) is 0 Å². The van der Waals surface area contributed by atoms with Gasteiger partial charge < -0.3 is 19.5 Å². The summed E-state index contributed by atoms with van der Waals surface area (Å²) in [6.07, 6.45) is 0. The summed E-state index contributed by atoms with van der Waals surface area (Å²) in [6, 6.07) is 11.5. The van der Waals surface area contributed by atoms with Crippen molar-refractivity contribution < 1.29 is 23.8 Å². The Morgan fingerprint density at radius 1 is 0.913 bits per heavy atom. The number of carbonyl (C=O) groups excluding carboxylic acids is 2. The number of carbonyl (C=O) groups is 2. The van der Waals surface area contributed by atoms with Gasteiger partial charge in [0.2, 0.25) is 0 Å². The first kappa shape index (κ1) is 16.4. The van der Waals surface area contributed by atoms with Gasteiger partial charge in [0, 0.05) is 30.3 Å². The number of benzene rings is 2. The van der Waals surface area contributed by atoms with Crippen molar-refractivity contribution in [2.45, 2.75) is 6.92 Å². The summed E-state index contributed by atoms with van der Waals surface area (Å²) in [5.41, 5.74) is 0.898. The first-order chi connectivity index (χ1) is 11.0. The summed E-state index contributed by atoms with van der Waals surface area (Å²) in [4.78, 5) is 23.3. The van der Waals surface area contributed by atoms with E-state index in [0.29, 0.717) is 28.5 Å². The molecule has 0 saturated carbocycles. The molecule has 0 aliphatic carbocycles. The molecule has 0 radical (unpaired) electrons. The van der Waals surface area contributed by atoms with Gasteiger partial charge in [0.25, 0.3) is 5.91 Å². The molecule has 0 fully saturated rings. The Bertz CT molecular complexity index is 704. The maximum absolute atomic E-state index is 12.4. The zero-order valence-corrected chi connectivity index (χ0v) is 13.1. The van der Waals surface area contributed by atoms with Gasteiger partial charge in [-0.3, -0.25) is 9.59 Å². The van der Waals surface area contributed by atoms with E-state index in [0.717, 1.165) is 0 Å². The number of hydrogen-bond acceptors (Lipinski definition) is 5. The van der Waals surface area contributed by atoms with Crippen molar-refractivity contribution in [1.29, 1.82) is 0 Å². The second-order valence-corrected chi connectivity index (χ2v) is 4.68. The molecule has 120 valence electrons. The maximum Gasteiger partial charge on any atom is 0.308 e. The minimum atomic E-state index is -0.425. The van der Waals surface area contributed by atoms with Crippen molar-refractivity contribution in [3.63, 3.8) is 0 Å². The number of esters is 1. The fourth-order valence-corrected chi connectivity index (χ4v) is 1.95. The van der Waals surface area contributed by atoms with E-state index in [4.69, 9.17) is 14.2 Å². The summed E-state index contributed by atoms with van der Waals surface area (Å²) < 4.78 is 15.3. The van der Waals surface area contributed by atoms with Gasteiger partial charge in [-0.05, 0) is 24.3 Å². The van der Waals surface area contributed by atoms with Crippen LogP contribution in [0.3, 0.4) is 0 Å². The van der Waals surface area contributed by atoms with E-state index in [1.165, 1.54) is 21.1 Å². The number of methoxy groups -OCH3 is 2. The highest BCUT2D eigenvalue weighted by Gasteiger charge is 2.11. The van der Waals surface area contributed by atoms with Crippen molar-refractivity contribution >= 4 is 17.6 Å². The average Bonchev–Trinajstić information content (AvgIpc) is 2.54. The van der Waals surface area contributed by atoms with Crippen LogP contribution in [0.1, 0.15) is 17.3 Å². The lowest BCUT2D eigenvalue weighted by molar-refractivity contribution is -0.131. The minimum Gasteiger partial charge on any atom is -0.497 e. The number of nitrogens with one attached hydrogen (secondary N) is 1. The summed E-state index contributed by atoms with van der Waals surface area (Å²) in [7, 11) is 3.03. The van der Waals surface area contributed by atoms with E-state index in [-0.39, 0.29) is 5.91 Å². The van der Waals surface area contributed by atoms with Crippen LogP contribution in [0.25, 0.3) is 0 Å². The molecule has 0 aliphatic heterocycles. The fraction of sp³-hybridized carbons (Fsp3) is 0.176. The first-order valence-corrected chi connectivity index (χ1v) is 6.84. The summed E-state index contributed by atoms with van der Waals surface area (Å²) in [5.74, 6) is 0.637. The summed E-state index contributed by atoms with van der Waals surface area (Å²) in [5, 5.41) is 2.73. The molecule has 0 aromatic heterocycles. The predicted molar refractivity (Wildman–Crippen MR) is 85.3 cm³/mol. The lowest BCUT2D eigenvalue weighted by atomic mass is 10.1. The van der Waals surface area contributed by atoms with E-state index in [2.05, 4.69) is 5.32 Å². The lowest BCUT2D eigenvalue weighted by Gasteiger charge is -2.10. The second-order valence-electron chi connectivity index (χ2n) is 4.68. The lowest BCUT2D eigenvalue weighted by Crippen LogP contribution is -2.12. The molecule has 0 bridgehead atoms.